The molecule has 2 aromatic rings. The van der Waals surface area contributed by atoms with E-state index < -0.39 is 10.0 Å². The number of nitrogens with zero attached hydrogens (tertiary/aromatic N) is 1. The van der Waals surface area contributed by atoms with Gasteiger partial charge in [0.05, 0.1) is 23.9 Å². The van der Waals surface area contributed by atoms with Gasteiger partial charge in [-0.25, -0.2) is 8.42 Å². The SMILES string of the molecule is CNCCc1cc(OC)ccc1S(=O)(=O)Nc1cn[nH]c1. The van der Waals surface area contributed by atoms with Gasteiger partial charge in [-0.1, -0.05) is 0 Å². The number of H-pyrrole nitrogens is 1. The largest absolute Gasteiger partial charge is 0.497 e. The fourth-order valence-electron chi connectivity index (χ4n) is 1.92. The van der Waals surface area contributed by atoms with Gasteiger partial charge in [0.25, 0.3) is 10.0 Å². The second-order valence-electron chi connectivity index (χ2n) is 4.42. The van der Waals surface area contributed by atoms with Gasteiger partial charge in [0, 0.05) is 6.20 Å². The summed E-state index contributed by atoms with van der Waals surface area (Å²) in [6, 6.07) is 4.92. The lowest BCUT2D eigenvalue weighted by Gasteiger charge is -2.12. The maximum absolute atomic E-state index is 12.5. The van der Waals surface area contributed by atoms with Crippen LogP contribution in [0.2, 0.25) is 0 Å². The average molecular weight is 310 g/mol. The lowest BCUT2D eigenvalue weighted by molar-refractivity contribution is 0.413. The Labute approximate surface area is 123 Å². The highest BCUT2D eigenvalue weighted by Crippen LogP contribution is 2.24. The summed E-state index contributed by atoms with van der Waals surface area (Å²) >= 11 is 0. The van der Waals surface area contributed by atoms with Crippen LogP contribution in [0.5, 0.6) is 5.75 Å². The lowest BCUT2D eigenvalue weighted by atomic mass is 10.1. The van der Waals surface area contributed by atoms with Crippen LogP contribution in [-0.2, 0) is 16.4 Å². The minimum Gasteiger partial charge on any atom is -0.497 e. The number of ether oxygens (including phenoxy) is 1. The third-order valence-corrected chi connectivity index (χ3v) is 4.43. The molecule has 0 saturated carbocycles. The number of hydrogen-bond acceptors (Lipinski definition) is 5. The molecule has 0 unspecified atom stereocenters. The first kappa shape index (κ1) is 15.3. The van der Waals surface area contributed by atoms with Crippen molar-refractivity contribution in [1.29, 1.82) is 0 Å². The van der Waals surface area contributed by atoms with Gasteiger partial charge >= 0.3 is 0 Å². The van der Waals surface area contributed by atoms with E-state index in [1.807, 2.05) is 7.05 Å². The number of nitrogens with one attached hydrogen (secondary N) is 3. The second kappa shape index (κ2) is 6.59. The van der Waals surface area contributed by atoms with Gasteiger partial charge in [-0.15, -0.1) is 0 Å². The molecule has 0 saturated heterocycles. The zero-order valence-electron chi connectivity index (χ0n) is 11.9. The Morgan fingerprint density at radius 3 is 2.81 bits per heavy atom. The van der Waals surface area contributed by atoms with Gasteiger partial charge in [0.1, 0.15) is 5.75 Å². The zero-order chi connectivity index (χ0) is 15.3. The second-order valence-corrected chi connectivity index (χ2v) is 6.07. The van der Waals surface area contributed by atoms with Crippen molar-refractivity contribution in [2.24, 2.45) is 0 Å². The molecular weight excluding hydrogens is 292 g/mol. The van der Waals surface area contributed by atoms with Crippen LogP contribution in [-0.4, -0.2) is 39.3 Å². The van der Waals surface area contributed by atoms with Crippen LogP contribution >= 0.6 is 0 Å². The molecule has 0 radical (unpaired) electrons. The molecule has 0 atom stereocenters. The van der Waals surface area contributed by atoms with Crippen molar-refractivity contribution >= 4 is 15.7 Å². The number of aromatic nitrogens is 2. The zero-order valence-corrected chi connectivity index (χ0v) is 12.7. The molecule has 1 aromatic carbocycles. The van der Waals surface area contributed by atoms with Gasteiger partial charge in [-0.2, -0.15) is 5.10 Å². The van der Waals surface area contributed by atoms with E-state index >= 15 is 0 Å². The van der Waals surface area contributed by atoms with E-state index in [0.29, 0.717) is 30.0 Å². The highest BCUT2D eigenvalue weighted by molar-refractivity contribution is 7.92. The Hall–Kier alpha value is -2.06. The Balaban J connectivity index is 2.36. The quantitative estimate of drug-likeness (QED) is 0.708. The average Bonchev–Trinajstić information content (AvgIpc) is 2.96. The maximum Gasteiger partial charge on any atom is 0.262 e. The van der Waals surface area contributed by atoms with E-state index in [1.54, 1.807) is 25.3 Å². The summed E-state index contributed by atoms with van der Waals surface area (Å²) in [7, 11) is -0.294. The molecule has 0 aliphatic heterocycles. The number of aromatic amines is 1. The molecule has 0 aliphatic rings. The van der Waals surface area contributed by atoms with Crippen LogP contribution in [0.4, 0.5) is 5.69 Å². The van der Waals surface area contributed by atoms with Gasteiger partial charge in [-0.05, 0) is 43.8 Å². The van der Waals surface area contributed by atoms with Gasteiger partial charge < -0.3 is 10.1 Å². The van der Waals surface area contributed by atoms with Crippen molar-refractivity contribution in [3.8, 4) is 5.75 Å². The molecule has 0 bridgehead atoms. The van der Waals surface area contributed by atoms with Crippen LogP contribution in [0, 0.1) is 0 Å². The number of rotatable bonds is 7. The van der Waals surface area contributed by atoms with Crippen LogP contribution in [0.25, 0.3) is 0 Å². The van der Waals surface area contributed by atoms with E-state index in [-0.39, 0.29) is 4.90 Å². The monoisotopic (exact) mass is 310 g/mol. The molecule has 0 amide bonds. The molecule has 2 rings (SSSR count). The minimum absolute atomic E-state index is 0.236. The summed E-state index contributed by atoms with van der Waals surface area (Å²) in [6.45, 7) is 0.668. The third-order valence-electron chi connectivity index (χ3n) is 2.95. The van der Waals surface area contributed by atoms with Crippen LogP contribution < -0.4 is 14.8 Å². The summed E-state index contributed by atoms with van der Waals surface area (Å²) < 4.78 is 32.6. The fraction of sp³-hybridized carbons (Fsp3) is 0.308. The molecule has 1 heterocycles. The maximum atomic E-state index is 12.5. The van der Waals surface area contributed by atoms with Crippen molar-refractivity contribution in [3.63, 3.8) is 0 Å². The van der Waals surface area contributed by atoms with E-state index in [4.69, 9.17) is 4.74 Å². The Bertz CT molecular complexity index is 683. The van der Waals surface area contributed by atoms with E-state index in [1.165, 1.54) is 12.4 Å². The molecule has 1 aromatic heterocycles. The predicted octanol–water partition coefficient (Wildman–Crippen LogP) is 0.981. The number of sulfonamides is 1. The van der Waals surface area contributed by atoms with Crippen LogP contribution in [0.15, 0.2) is 35.5 Å². The number of likely N-dealkylation sites (N-methyl/N-ethyl adjacent to an activating group) is 1. The van der Waals surface area contributed by atoms with Crippen LogP contribution in [0.3, 0.4) is 0 Å². The van der Waals surface area contributed by atoms with Gasteiger partial charge in [-0.3, -0.25) is 9.82 Å². The molecular formula is C13H18N4O3S. The molecule has 3 N–H and O–H groups in total. The smallest absolute Gasteiger partial charge is 0.262 e. The molecule has 21 heavy (non-hydrogen) atoms. The molecule has 0 aliphatic carbocycles. The predicted molar refractivity (Wildman–Crippen MR) is 80.0 cm³/mol. The molecule has 0 spiro atoms. The standard InChI is InChI=1S/C13H18N4O3S/c1-14-6-5-10-7-12(20-2)3-4-13(10)21(18,19)17-11-8-15-16-9-11/h3-4,7-9,14,17H,5-6H2,1-2H3,(H,15,16). The summed E-state index contributed by atoms with van der Waals surface area (Å²) in [5, 5.41) is 9.29. The third kappa shape index (κ3) is 3.73. The first-order valence-electron chi connectivity index (χ1n) is 6.40. The summed E-state index contributed by atoms with van der Waals surface area (Å²) in [5.74, 6) is 0.628. The van der Waals surface area contributed by atoms with Crippen molar-refractivity contribution in [2.45, 2.75) is 11.3 Å². The summed E-state index contributed by atoms with van der Waals surface area (Å²) in [4.78, 5) is 0.236. The van der Waals surface area contributed by atoms with Crippen molar-refractivity contribution in [1.82, 2.24) is 15.5 Å². The first-order valence-corrected chi connectivity index (χ1v) is 7.88. The number of benzene rings is 1. The van der Waals surface area contributed by atoms with Gasteiger partial charge in [0.2, 0.25) is 0 Å². The summed E-state index contributed by atoms with van der Waals surface area (Å²) in [5.41, 5.74) is 1.09. The molecule has 7 nitrogen and oxygen atoms in total. The topological polar surface area (TPSA) is 96.1 Å². The van der Waals surface area contributed by atoms with Crippen molar-refractivity contribution in [2.75, 3.05) is 25.4 Å². The molecule has 8 heteroatoms. The minimum atomic E-state index is -3.66. The molecule has 114 valence electrons. The fourth-order valence-corrected chi connectivity index (χ4v) is 3.20. The number of methoxy groups -OCH3 is 1. The summed E-state index contributed by atoms with van der Waals surface area (Å²) in [6.07, 6.45) is 3.47. The van der Waals surface area contributed by atoms with Crippen LogP contribution in [0.1, 0.15) is 5.56 Å². The Morgan fingerprint density at radius 1 is 1.38 bits per heavy atom. The highest BCUT2D eigenvalue weighted by atomic mass is 32.2. The Morgan fingerprint density at radius 2 is 2.19 bits per heavy atom. The number of hydrogen-bond donors (Lipinski definition) is 3. The molecule has 0 fully saturated rings. The van der Waals surface area contributed by atoms with Crippen molar-refractivity contribution < 1.29 is 13.2 Å². The number of anilines is 1. The van der Waals surface area contributed by atoms with E-state index in [2.05, 4.69) is 20.2 Å². The Kier molecular flexibility index (Phi) is 4.81. The highest BCUT2D eigenvalue weighted by Gasteiger charge is 2.19. The van der Waals surface area contributed by atoms with Crippen molar-refractivity contribution in [3.05, 3.63) is 36.2 Å². The van der Waals surface area contributed by atoms with Gasteiger partial charge in [0.15, 0.2) is 0 Å². The van der Waals surface area contributed by atoms with E-state index in [9.17, 15) is 8.42 Å². The lowest BCUT2D eigenvalue weighted by Crippen LogP contribution is -2.17. The van der Waals surface area contributed by atoms with E-state index in [0.717, 1.165) is 0 Å². The normalized spacial score (nSPS) is 11.3. The first-order chi connectivity index (χ1) is 10.1.